The van der Waals surface area contributed by atoms with Crippen LogP contribution in [-0.4, -0.2) is 13.6 Å². The smallest absolute Gasteiger partial charge is 0.242 e. The van der Waals surface area contributed by atoms with Crippen LogP contribution in [-0.2, 0) is 16.6 Å². The van der Waals surface area contributed by atoms with Crippen molar-refractivity contribution in [2.45, 2.75) is 11.4 Å². The lowest BCUT2D eigenvalue weighted by molar-refractivity contribution is 0.380. The number of nitrogens with two attached hydrogens (primary N) is 1. The van der Waals surface area contributed by atoms with Crippen molar-refractivity contribution in [1.82, 2.24) is 9.88 Å². The van der Waals surface area contributed by atoms with Gasteiger partial charge in [0.25, 0.3) is 0 Å². The molecule has 19 heavy (non-hydrogen) atoms. The van der Waals surface area contributed by atoms with Gasteiger partial charge >= 0.3 is 0 Å². The van der Waals surface area contributed by atoms with Gasteiger partial charge in [-0.3, -0.25) is 0 Å². The summed E-state index contributed by atoms with van der Waals surface area (Å²) in [6, 6.07) is 7.36. The zero-order valence-corrected chi connectivity index (χ0v) is 10.5. The summed E-state index contributed by atoms with van der Waals surface area (Å²) in [7, 11) is -3.81. The molecule has 0 spiro atoms. The molecule has 98 valence electrons. The van der Waals surface area contributed by atoms with E-state index in [1.165, 1.54) is 30.5 Å². The monoisotopic (exact) mass is 278 g/mol. The lowest BCUT2D eigenvalue weighted by Gasteiger charge is -2.07. The number of anilines is 1. The molecule has 2 aromatic rings. The maximum absolute atomic E-state index is 12.1. The highest BCUT2D eigenvalue weighted by Gasteiger charge is 2.19. The molecule has 0 aliphatic heterocycles. The number of sulfonamides is 1. The summed E-state index contributed by atoms with van der Waals surface area (Å²) in [6.45, 7) is -0.0441. The molecule has 0 saturated heterocycles. The summed E-state index contributed by atoms with van der Waals surface area (Å²) in [5.74, 6) is 0.373. The van der Waals surface area contributed by atoms with E-state index >= 15 is 0 Å². The highest BCUT2D eigenvalue weighted by molar-refractivity contribution is 7.89. The van der Waals surface area contributed by atoms with Gasteiger partial charge in [-0.25, -0.2) is 13.1 Å². The molecule has 0 radical (unpaired) electrons. The molecule has 0 unspecified atom stereocenters. The second-order valence-electron chi connectivity index (χ2n) is 3.67. The van der Waals surface area contributed by atoms with Crippen molar-refractivity contribution < 1.29 is 12.9 Å². The van der Waals surface area contributed by atoms with Gasteiger partial charge in [0.1, 0.15) is 6.07 Å². The van der Waals surface area contributed by atoms with E-state index in [0.29, 0.717) is 11.4 Å². The largest absolute Gasteiger partial charge is 0.399 e. The van der Waals surface area contributed by atoms with Crippen LogP contribution in [0.4, 0.5) is 5.69 Å². The molecule has 3 N–H and O–H groups in total. The molecule has 0 atom stereocenters. The van der Waals surface area contributed by atoms with Gasteiger partial charge in [-0.15, -0.1) is 0 Å². The Morgan fingerprint density at radius 1 is 1.42 bits per heavy atom. The van der Waals surface area contributed by atoms with Gasteiger partial charge < -0.3 is 10.3 Å². The zero-order chi connectivity index (χ0) is 13.9. The summed E-state index contributed by atoms with van der Waals surface area (Å²) in [5.41, 5.74) is 5.82. The molecule has 1 aromatic carbocycles. The first kappa shape index (κ1) is 13.1. The number of hydrogen-bond acceptors (Lipinski definition) is 6. The standard InChI is InChI=1S/C11H10N4O3S/c12-6-8-5-9(13)1-2-11(8)19(16,17)15-7-10-3-4-14-18-10/h1-5,15H,7,13H2. The minimum Gasteiger partial charge on any atom is -0.399 e. The number of aromatic nitrogens is 1. The summed E-state index contributed by atoms with van der Waals surface area (Å²) in [5, 5.41) is 12.4. The average Bonchev–Trinajstić information content (AvgIpc) is 2.89. The van der Waals surface area contributed by atoms with Gasteiger partial charge in [0.15, 0.2) is 5.76 Å². The number of nitrogens with zero attached hydrogens (tertiary/aromatic N) is 2. The summed E-state index contributed by atoms with van der Waals surface area (Å²) in [6.07, 6.45) is 1.41. The SMILES string of the molecule is N#Cc1cc(N)ccc1S(=O)(=O)NCc1ccno1. The average molecular weight is 278 g/mol. The molecular formula is C11H10N4O3S. The number of hydrogen-bond donors (Lipinski definition) is 2. The van der Waals surface area contributed by atoms with E-state index < -0.39 is 10.0 Å². The van der Waals surface area contributed by atoms with Crippen LogP contribution < -0.4 is 10.5 Å². The third-order valence-corrected chi connectivity index (χ3v) is 3.80. The van der Waals surface area contributed by atoms with Crippen molar-refractivity contribution in [2.75, 3.05) is 5.73 Å². The van der Waals surface area contributed by atoms with Crippen molar-refractivity contribution >= 4 is 15.7 Å². The molecular weight excluding hydrogens is 268 g/mol. The van der Waals surface area contributed by atoms with Crippen LogP contribution in [0.25, 0.3) is 0 Å². The van der Waals surface area contributed by atoms with Crippen LogP contribution in [0, 0.1) is 11.3 Å². The second kappa shape index (κ2) is 5.09. The lowest BCUT2D eigenvalue weighted by atomic mass is 10.2. The maximum atomic E-state index is 12.1. The van der Waals surface area contributed by atoms with E-state index in [1.54, 1.807) is 6.07 Å². The topological polar surface area (TPSA) is 122 Å². The zero-order valence-electron chi connectivity index (χ0n) is 9.70. The molecule has 0 fully saturated rings. The molecule has 0 aliphatic carbocycles. The first-order valence-corrected chi connectivity index (χ1v) is 6.70. The predicted molar refractivity (Wildman–Crippen MR) is 66.1 cm³/mol. The Hall–Kier alpha value is -2.37. The van der Waals surface area contributed by atoms with E-state index in [1.807, 2.05) is 0 Å². The van der Waals surface area contributed by atoms with Gasteiger partial charge in [0.05, 0.1) is 23.2 Å². The predicted octanol–water partition coefficient (Wildman–Crippen LogP) is 0.607. The summed E-state index contributed by atoms with van der Waals surface area (Å²) < 4.78 is 31.2. The van der Waals surface area contributed by atoms with Crippen LogP contribution in [0.2, 0.25) is 0 Å². The van der Waals surface area contributed by atoms with E-state index in [0.717, 1.165) is 0 Å². The molecule has 0 saturated carbocycles. The van der Waals surface area contributed by atoms with Crippen molar-refractivity contribution in [2.24, 2.45) is 0 Å². The van der Waals surface area contributed by atoms with Crippen molar-refractivity contribution in [3.05, 3.63) is 41.8 Å². The number of nitrogen functional groups attached to an aromatic ring is 1. The molecule has 7 nitrogen and oxygen atoms in total. The van der Waals surface area contributed by atoms with Crippen LogP contribution in [0.3, 0.4) is 0 Å². The normalized spacial score (nSPS) is 11.1. The third-order valence-electron chi connectivity index (χ3n) is 2.34. The van der Waals surface area contributed by atoms with Crippen molar-refractivity contribution in [3.8, 4) is 6.07 Å². The van der Waals surface area contributed by atoms with Crippen LogP contribution in [0.15, 0.2) is 39.9 Å². The molecule has 1 heterocycles. The van der Waals surface area contributed by atoms with E-state index in [-0.39, 0.29) is 17.0 Å². The molecule has 0 amide bonds. The third kappa shape index (κ3) is 2.90. The van der Waals surface area contributed by atoms with Gasteiger partial charge in [0.2, 0.25) is 10.0 Å². The maximum Gasteiger partial charge on any atom is 0.242 e. The fraction of sp³-hybridized carbons (Fsp3) is 0.0909. The summed E-state index contributed by atoms with van der Waals surface area (Å²) in [4.78, 5) is -0.122. The lowest BCUT2D eigenvalue weighted by Crippen LogP contribution is -2.24. The van der Waals surface area contributed by atoms with Gasteiger partial charge in [-0.2, -0.15) is 5.26 Å². The van der Waals surface area contributed by atoms with Gasteiger partial charge in [-0.05, 0) is 18.2 Å². The van der Waals surface area contributed by atoms with E-state index in [2.05, 4.69) is 9.88 Å². The molecule has 2 rings (SSSR count). The quantitative estimate of drug-likeness (QED) is 0.790. The highest BCUT2D eigenvalue weighted by atomic mass is 32.2. The minimum absolute atomic E-state index is 0.00919. The minimum atomic E-state index is -3.81. The first-order chi connectivity index (χ1) is 9.03. The molecule has 0 aliphatic rings. The van der Waals surface area contributed by atoms with Gasteiger partial charge in [0, 0.05) is 11.8 Å². The molecule has 8 heteroatoms. The Labute approximate surface area is 109 Å². The van der Waals surface area contributed by atoms with Gasteiger partial charge in [-0.1, -0.05) is 5.16 Å². The summed E-state index contributed by atoms with van der Waals surface area (Å²) >= 11 is 0. The first-order valence-electron chi connectivity index (χ1n) is 5.22. The second-order valence-corrected chi connectivity index (χ2v) is 5.41. The van der Waals surface area contributed by atoms with Crippen LogP contribution >= 0.6 is 0 Å². The number of nitriles is 1. The Kier molecular flexibility index (Phi) is 3.50. The Morgan fingerprint density at radius 3 is 2.84 bits per heavy atom. The Morgan fingerprint density at radius 2 is 2.21 bits per heavy atom. The molecule has 0 bridgehead atoms. The van der Waals surface area contributed by atoms with Crippen LogP contribution in [0.5, 0.6) is 0 Å². The molecule has 1 aromatic heterocycles. The highest BCUT2D eigenvalue weighted by Crippen LogP contribution is 2.18. The van der Waals surface area contributed by atoms with E-state index in [9.17, 15) is 8.42 Å². The van der Waals surface area contributed by atoms with E-state index in [4.69, 9.17) is 15.5 Å². The number of nitrogens with one attached hydrogen (secondary N) is 1. The van der Waals surface area contributed by atoms with Crippen LogP contribution in [0.1, 0.15) is 11.3 Å². The fourth-order valence-electron chi connectivity index (χ4n) is 1.45. The number of benzene rings is 1. The number of rotatable bonds is 4. The Balaban J connectivity index is 2.27. The Bertz CT molecular complexity index is 717. The van der Waals surface area contributed by atoms with Crippen molar-refractivity contribution in [3.63, 3.8) is 0 Å². The van der Waals surface area contributed by atoms with Crippen molar-refractivity contribution in [1.29, 1.82) is 5.26 Å². The fourth-order valence-corrected chi connectivity index (χ4v) is 2.58.